The van der Waals surface area contributed by atoms with Crippen LogP contribution in [0.1, 0.15) is 109 Å². The Balaban J connectivity index is 0.0000109. The minimum Gasteiger partial charge on any atom is -1.00 e. The number of benzene rings is 1. The number of halogens is 1. The molecule has 0 heterocycles. The summed E-state index contributed by atoms with van der Waals surface area (Å²) in [6.45, 7) is 5.17. The highest BCUT2D eigenvalue weighted by molar-refractivity contribution is 5.75. The van der Waals surface area contributed by atoms with Crippen molar-refractivity contribution in [3.63, 3.8) is 0 Å². The molecule has 0 aliphatic rings. The molecule has 0 aromatic heterocycles. The van der Waals surface area contributed by atoms with Crippen LogP contribution in [0.2, 0.25) is 0 Å². The largest absolute Gasteiger partial charge is 1.00 e. The first-order chi connectivity index (χ1) is 16.0. The van der Waals surface area contributed by atoms with Gasteiger partial charge in [0.15, 0.2) is 0 Å². The maximum absolute atomic E-state index is 12.1. The van der Waals surface area contributed by atoms with Crippen molar-refractivity contribution in [3.05, 3.63) is 48.0 Å². The van der Waals surface area contributed by atoms with Crippen LogP contribution in [0.25, 0.3) is 0 Å². The minimum absolute atomic E-state index is 0. The van der Waals surface area contributed by atoms with Crippen molar-refractivity contribution >= 4 is 5.91 Å². The minimum atomic E-state index is 0. The zero-order chi connectivity index (χ0) is 24.0. The average molecular weight is 493 g/mol. The highest BCUT2D eigenvalue weighted by atomic mass is 35.5. The molecule has 3 nitrogen and oxygen atoms in total. The second-order valence-corrected chi connectivity index (χ2v) is 10.3. The molecule has 0 atom stereocenters. The van der Waals surface area contributed by atoms with Gasteiger partial charge < -0.3 is 22.2 Å². The molecule has 1 rings (SSSR count). The second kappa shape index (κ2) is 22.2. The van der Waals surface area contributed by atoms with Gasteiger partial charge in [0.2, 0.25) is 5.91 Å². The van der Waals surface area contributed by atoms with Gasteiger partial charge in [0, 0.05) is 24.9 Å². The van der Waals surface area contributed by atoms with Crippen molar-refractivity contribution in [3.8, 4) is 0 Å². The molecule has 34 heavy (non-hydrogen) atoms. The number of rotatable bonds is 21. The van der Waals surface area contributed by atoms with Gasteiger partial charge in [0.05, 0.1) is 20.6 Å². The van der Waals surface area contributed by atoms with Crippen LogP contribution in [0.15, 0.2) is 42.5 Å². The molecule has 0 aliphatic carbocycles. The standard InChI is InChI=1S/C30H52N2O.ClH/c1-4-5-6-7-8-9-10-11-12-13-14-15-16-17-21-25-30(33)31-26-22-27-32(2,3)28-29-23-19-18-20-24-29;/h11-12,18-20,23-24H,4-10,13-17,21-22,25-28H2,1-3H3;1H/b12-11-;. The summed E-state index contributed by atoms with van der Waals surface area (Å²) >= 11 is 0. The Labute approximate surface area is 217 Å². The quantitative estimate of drug-likeness (QED) is 0.149. The molecule has 0 aliphatic heterocycles. The fourth-order valence-corrected chi connectivity index (χ4v) is 4.34. The fraction of sp³-hybridized carbons (Fsp3) is 0.700. The number of nitrogens with one attached hydrogen (secondary N) is 1. The number of allylic oxidation sites excluding steroid dienone is 2. The van der Waals surface area contributed by atoms with Gasteiger partial charge in [-0.25, -0.2) is 0 Å². The van der Waals surface area contributed by atoms with Gasteiger partial charge in [-0.2, -0.15) is 0 Å². The van der Waals surface area contributed by atoms with Gasteiger partial charge >= 0.3 is 0 Å². The van der Waals surface area contributed by atoms with Crippen molar-refractivity contribution < 1.29 is 21.7 Å². The van der Waals surface area contributed by atoms with Crippen LogP contribution >= 0.6 is 0 Å². The van der Waals surface area contributed by atoms with Gasteiger partial charge in [0.1, 0.15) is 6.54 Å². The maximum Gasteiger partial charge on any atom is 0.219 e. The molecular weight excluding hydrogens is 440 g/mol. The van der Waals surface area contributed by atoms with Gasteiger partial charge in [-0.15, -0.1) is 0 Å². The lowest BCUT2D eigenvalue weighted by atomic mass is 10.1. The lowest BCUT2D eigenvalue weighted by molar-refractivity contribution is -0.903. The monoisotopic (exact) mass is 492 g/mol. The number of amides is 1. The van der Waals surface area contributed by atoms with Crippen LogP contribution in [0.4, 0.5) is 0 Å². The third-order valence-corrected chi connectivity index (χ3v) is 6.38. The molecule has 0 spiro atoms. The molecule has 0 bridgehead atoms. The van der Waals surface area contributed by atoms with Crippen molar-refractivity contribution in [2.45, 2.75) is 110 Å². The average Bonchev–Trinajstić information content (AvgIpc) is 2.79. The SMILES string of the molecule is CCCCCCCC/C=C\CCCCCCCC(=O)NCCC[N+](C)(C)Cc1ccccc1.[Cl-]. The smallest absolute Gasteiger partial charge is 0.219 e. The van der Waals surface area contributed by atoms with E-state index in [1.54, 1.807) is 0 Å². The number of unbranched alkanes of at least 4 members (excludes halogenated alkanes) is 11. The lowest BCUT2D eigenvalue weighted by Crippen LogP contribution is -3.00. The van der Waals surface area contributed by atoms with Crippen LogP contribution < -0.4 is 17.7 Å². The molecule has 0 saturated carbocycles. The Morgan fingerprint density at radius 3 is 1.97 bits per heavy atom. The Hall–Kier alpha value is -1.32. The van der Waals surface area contributed by atoms with Crippen LogP contribution in [0, 0.1) is 0 Å². The van der Waals surface area contributed by atoms with Crippen LogP contribution in [0.5, 0.6) is 0 Å². The van der Waals surface area contributed by atoms with Crippen molar-refractivity contribution in [2.24, 2.45) is 0 Å². The normalized spacial score (nSPS) is 11.5. The van der Waals surface area contributed by atoms with Gasteiger partial charge in [-0.1, -0.05) is 101 Å². The summed E-state index contributed by atoms with van der Waals surface area (Å²) in [7, 11) is 4.53. The lowest BCUT2D eigenvalue weighted by Gasteiger charge is -2.30. The number of carbonyl (C=O) groups excluding carboxylic acids is 1. The molecule has 1 aromatic carbocycles. The van der Waals surface area contributed by atoms with Crippen LogP contribution in [0.3, 0.4) is 0 Å². The van der Waals surface area contributed by atoms with E-state index in [-0.39, 0.29) is 18.3 Å². The van der Waals surface area contributed by atoms with E-state index in [1.165, 1.54) is 82.6 Å². The van der Waals surface area contributed by atoms with E-state index in [0.717, 1.165) is 37.0 Å². The zero-order valence-electron chi connectivity index (χ0n) is 22.5. The number of quaternary nitrogens is 1. The summed E-state index contributed by atoms with van der Waals surface area (Å²) in [4.78, 5) is 12.1. The molecule has 0 fully saturated rings. The van der Waals surface area contributed by atoms with E-state index in [1.807, 2.05) is 0 Å². The molecule has 0 radical (unpaired) electrons. The van der Waals surface area contributed by atoms with Crippen molar-refractivity contribution in [1.82, 2.24) is 5.32 Å². The Bertz CT molecular complexity index is 615. The molecule has 1 amide bonds. The fourth-order valence-electron chi connectivity index (χ4n) is 4.34. The third kappa shape index (κ3) is 20.1. The number of nitrogens with zero attached hydrogens (tertiary/aromatic N) is 1. The number of carbonyl (C=O) groups is 1. The molecule has 0 unspecified atom stereocenters. The van der Waals surface area contributed by atoms with Crippen molar-refractivity contribution in [2.75, 3.05) is 27.2 Å². The third-order valence-electron chi connectivity index (χ3n) is 6.38. The summed E-state index contributed by atoms with van der Waals surface area (Å²) in [5.74, 6) is 0.223. The van der Waals surface area contributed by atoms with E-state index in [4.69, 9.17) is 0 Å². The topological polar surface area (TPSA) is 29.1 Å². The van der Waals surface area contributed by atoms with E-state index in [2.05, 4.69) is 68.8 Å². The van der Waals surface area contributed by atoms with E-state index in [0.29, 0.717) is 6.42 Å². The highest BCUT2D eigenvalue weighted by Gasteiger charge is 2.15. The zero-order valence-corrected chi connectivity index (χ0v) is 23.3. The Morgan fingerprint density at radius 2 is 1.35 bits per heavy atom. The van der Waals surface area contributed by atoms with E-state index in [9.17, 15) is 4.79 Å². The van der Waals surface area contributed by atoms with E-state index >= 15 is 0 Å². The predicted molar refractivity (Wildman–Crippen MR) is 144 cm³/mol. The maximum atomic E-state index is 12.1. The number of hydrogen-bond donors (Lipinski definition) is 1. The van der Waals surface area contributed by atoms with E-state index < -0.39 is 0 Å². The Morgan fingerprint density at radius 1 is 0.794 bits per heavy atom. The molecule has 1 N–H and O–H groups in total. The highest BCUT2D eigenvalue weighted by Crippen LogP contribution is 2.11. The van der Waals surface area contributed by atoms with Crippen LogP contribution in [-0.2, 0) is 11.3 Å². The van der Waals surface area contributed by atoms with Crippen LogP contribution in [-0.4, -0.2) is 37.6 Å². The van der Waals surface area contributed by atoms with Crippen molar-refractivity contribution in [1.29, 1.82) is 0 Å². The second-order valence-electron chi connectivity index (χ2n) is 10.3. The molecule has 196 valence electrons. The molecule has 0 saturated heterocycles. The first-order valence-electron chi connectivity index (χ1n) is 13.8. The van der Waals surface area contributed by atoms with Gasteiger partial charge in [0.25, 0.3) is 0 Å². The van der Waals surface area contributed by atoms with Gasteiger partial charge in [-0.05, 0) is 32.1 Å². The first-order valence-corrected chi connectivity index (χ1v) is 13.8. The summed E-state index contributed by atoms with van der Waals surface area (Å²) in [5, 5.41) is 3.11. The predicted octanol–water partition coefficient (Wildman–Crippen LogP) is 4.81. The molecular formula is C30H53ClN2O. The molecule has 1 aromatic rings. The van der Waals surface area contributed by atoms with Gasteiger partial charge in [-0.3, -0.25) is 4.79 Å². The summed E-state index contributed by atoms with van der Waals surface area (Å²) in [5.41, 5.74) is 1.37. The Kier molecular flexibility index (Phi) is 21.3. The number of hydrogen-bond acceptors (Lipinski definition) is 1. The molecule has 4 heteroatoms. The summed E-state index contributed by atoms with van der Waals surface area (Å²) < 4.78 is 0.952. The summed E-state index contributed by atoms with van der Waals surface area (Å²) in [6.07, 6.45) is 23.3. The summed E-state index contributed by atoms with van der Waals surface area (Å²) in [6, 6.07) is 10.6. The first kappa shape index (κ1) is 32.7.